The van der Waals surface area contributed by atoms with Gasteiger partial charge in [0.05, 0.1) is 0 Å². The van der Waals surface area contributed by atoms with E-state index in [0.717, 1.165) is 38.5 Å². The third-order valence-electron chi connectivity index (χ3n) is 3.52. The average molecular weight is 245 g/mol. The van der Waals surface area contributed by atoms with Gasteiger partial charge in [-0.25, -0.2) is 0 Å². The van der Waals surface area contributed by atoms with Crippen LogP contribution in [0.25, 0.3) is 0 Å². The number of alkyl halides is 1. The van der Waals surface area contributed by atoms with E-state index in [1.165, 1.54) is 19.4 Å². The van der Waals surface area contributed by atoms with Crippen LogP contribution < -0.4 is 0 Å². The highest BCUT2D eigenvalue weighted by Crippen LogP contribution is 2.29. The fourth-order valence-corrected chi connectivity index (χ4v) is 2.33. The molecule has 1 heterocycles. The Morgan fingerprint density at radius 3 is 2.44 bits per heavy atom. The summed E-state index contributed by atoms with van der Waals surface area (Å²) in [5.41, 5.74) is 0. The molecule has 92 valence electrons. The highest BCUT2D eigenvalue weighted by molar-refractivity contribution is 6.30. The van der Waals surface area contributed by atoms with Crippen LogP contribution in [0.4, 0.5) is 0 Å². The molecule has 1 aliphatic carbocycles. The number of carbonyl (C=O) groups is 1. The maximum Gasteiger partial charge on any atom is 0.240 e. The van der Waals surface area contributed by atoms with Crippen LogP contribution in [0.5, 0.6) is 0 Å². The first-order chi connectivity index (χ1) is 7.70. The van der Waals surface area contributed by atoms with Crippen molar-refractivity contribution in [3.05, 3.63) is 0 Å². The fraction of sp³-hybridized carbons (Fsp3) is 0.917. The quantitative estimate of drug-likeness (QED) is 0.701. The van der Waals surface area contributed by atoms with Crippen LogP contribution >= 0.6 is 11.6 Å². The first-order valence-electron chi connectivity index (χ1n) is 6.36. The van der Waals surface area contributed by atoms with E-state index >= 15 is 0 Å². The van der Waals surface area contributed by atoms with Crippen molar-refractivity contribution in [2.24, 2.45) is 5.92 Å². The van der Waals surface area contributed by atoms with Crippen LogP contribution in [0, 0.1) is 5.92 Å². The highest BCUT2D eigenvalue weighted by Gasteiger charge is 2.28. The third kappa shape index (κ3) is 3.11. The van der Waals surface area contributed by atoms with Gasteiger partial charge < -0.3 is 4.90 Å². The van der Waals surface area contributed by atoms with E-state index in [-0.39, 0.29) is 11.3 Å². The van der Waals surface area contributed by atoms with Crippen molar-refractivity contribution in [2.45, 2.75) is 31.6 Å². The lowest BCUT2D eigenvalue weighted by Gasteiger charge is -2.35. The molecule has 1 saturated carbocycles. The van der Waals surface area contributed by atoms with E-state index in [1.54, 1.807) is 0 Å². The van der Waals surface area contributed by atoms with Crippen LogP contribution in [-0.4, -0.2) is 53.8 Å². The number of hydrogen-bond acceptors (Lipinski definition) is 2. The summed E-state index contributed by atoms with van der Waals surface area (Å²) in [7, 11) is 0. The minimum atomic E-state index is -0.324. The van der Waals surface area contributed by atoms with Gasteiger partial charge in [-0.2, -0.15) is 0 Å². The number of hydrogen-bond donors (Lipinski definition) is 0. The lowest BCUT2D eigenvalue weighted by atomic mass is 10.2. The van der Waals surface area contributed by atoms with Gasteiger partial charge in [0.25, 0.3) is 0 Å². The molecule has 4 heteroatoms. The van der Waals surface area contributed by atoms with Gasteiger partial charge in [0.2, 0.25) is 5.91 Å². The SMILES string of the molecule is CCC(Cl)C(=O)N1CCN(CC2CC2)CC1. The molecular formula is C12H21ClN2O. The molecule has 2 aliphatic rings. The topological polar surface area (TPSA) is 23.6 Å². The zero-order chi connectivity index (χ0) is 11.5. The minimum absolute atomic E-state index is 0.121. The Morgan fingerprint density at radius 2 is 1.94 bits per heavy atom. The van der Waals surface area contributed by atoms with Gasteiger partial charge in [0.15, 0.2) is 0 Å². The highest BCUT2D eigenvalue weighted by atomic mass is 35.5. The molecule has 2 fully saturated rings. The Morgan fingerprint density at radius 1 is 1.31 bits per heavy atom. The van der Waals surface area contributed by atoms with E-state index in [9.17, 15) is 4.79 Å². The molecule has 0 aromatic heterocycles. The van der Waals surface area contributed by atoms with E-state index in [0.29, 0.717) is 0 Å². The smallest absolute Gasteiger partial charge is 0.240 e. The molecule has 0 N–H and O–H groups in total. The summed E-state index contributed by atoms with van der Waals surface area (Å²) in [6.45, 7) is 6.95. The first-order valence-corrected chi connectivity index (χ1v) is 6.79. The van der Waals surface area contributed by atoms with Gasteiger partial charge in [-0.1, -0.05) is 6.92 Å². The van der Waals surface area contributed by atoms with Crippen LogP contribution in [0.15, 0.2) is 0 Å². The van der Waals surface area contributed by atoms with Crippen LogP contribution in [-0.2, 0) is 4.79 Å². The fourth-order valence-electron chi connectivity index (χ4n) is 2.19. The van der Waals surface area contributed by atoms with Gasteiger partial charge in [0.1, 0.15) is 5.38 Å². The molecule has 1 atom stereocenters. The third-order valence-corrected chi connectivity index (χ3v) is 4.02. The molecule has 0 spiro atoms. The maximum atomic E-state index is 11.8. The van der Waals surface area contributed by atoms with Crippen LogP contribution in [0.3, 0.4) is 0 Å². The summed E-state index contributed by atoms with van der Waals surface area (Å²) in [6, 6.07) is 0. The van der Waals surface area contributed by atoms with Crippen molar-refractivity contribution in [1.82, 2.24) is 9.80 Å². The number of amides is 1. The van der Waals surface area contributed by atoms with Gasteiger partial charge in [-0.05, 0) is 25.2 Å². The summed E-state index contributed by atoms with van der Waals surface area (Å²) < 4.78 is 0. The molecule has 2 rings (SSSR count). The van der Waals surface area contributed by atoms with Crippen LogP contribution in [0.2, 0.25) is 0 Å². The number of rotatable bonds is 4. The molecule has 3 nitrogen and oxygen atoms in total. The van der Waals surface area contributed by atoms with Crippen molar-refractivity contribution >= 4 is 17.5 Å². The largest absolute Gasteiger partial charge is 0.339 e. The Kier molecular flexibility index (Phi) is 4.09. The number of halogens is 1. The Balaban J connectivity index is 1.73. The molecule has 0 radical (unpaired) electrons. The van der Waals surface area contributed by atoms with Gasteiger partial charge in [-0.3, -0.25) is 9.69 Å². The summed E-state index contributed by atoms with van der Waals surface area (Å²) in [4.78, 5) is 16.2. The second-order valence-corrected chi connectivity index (χ2v) is 5.47. The predicted molar refractivity (Wildman–Crippen MR) is 65.7 cm³/mol. The minimum Gasteiger partial charge on any atom is -0.339 e. The van der Waals surface area contributed by atoms with Crippen molar-refractivity contribution in [3.63, 3.8) is 0 Å². The van der Waals surface area contributed by atoms with E-state index in [4.69, 9.17) is 11.6 Å². The van der Waals surface area contributed by atoms with Gasteiger partial charge in [-0.15, -0.1) is 11.6 Å². The normalized spacial score (nSPS) is 24.5. The predicted octanol–water partition coefficient (Wildman–Crippen LogP) is 1.56. The summed E-state index contributed by atoms with van der Waals surface area (Å²) in [5, 5.41) is -0.324. The zero-order valence-electron chi connectivity index (χ0n) is 9.99. The van der Waals surface area contributed by atoms with Crippen molar-refractivity contribution < 1.29 is 4.79 Å². The van der Waals surface area contributed by atoms with Crippen molar-refractivity contribution in [2.75, 3.05) is 32.7 Å². The molecule has 1 amide bonds. The molecule has 0 bridgehead atoms. The molecule has 0 aromatic carbocycles. The van der Waals surface area contributed by atoms with E-state index in [1.807, 2.05) is 11.8 Å². The summed E-state index contributed by atoms with van der Waals surface area (Å²) >= 11 is 5.97. The van der Waals surface area contributed by atoms with Crippen LogP contribution in [0.1, 0.15) is 26.2 Å². The molecular weight excluding hydrogens is 224 g/mol. The molecule has 16 heavy (non-hydrogen) atoms. The van der Waals surface area contributed by atoms with Gasteiger partial charge >= 0.3 is 0 Å². The molecule has 1 saturated heterocycles. The van der Waals surface area contributed by atoms with Crippen molar-refractivity contribution in [3.8, 4) is 0 Å². The second kappa shape index (κ2) is 5.37. The Labute approximate surface area is 103 Å². The molecule has 1 aliphatic heterocycles. The Bertz CT molecular complexity index is 247. The first kappa shape index (κ1) is 12.2. The molecule has 1 unspecified atom stereocenters. The lowest BCUT2D eigenvalue weighted by Crippen LogP contribution is -2.50. The Hall–Kier alpha value is -0.280. The van der Waals surface area contributed by atoms with Gasteiger partial charge in [0, 0.05) is 32.7 Å². The summed E-state index contributed by atoms with van der Waals surface area (Å²) in [6.07, 6.45) is 3.53. The van der Waals surface area contributed by atoms with E-state index in [2.05, 4.69) is 4.90 Å². The summed E-state index contributed by atoms with van der Waals surface area (Å²) in [5.74, 6) is 1.06. The maximum absolute atomic E-state index is 11.8. The lowest BCUT2D eigenvalue weighted by molar-refractivity contribution is -0.132. The molecule has 0 aromatic rings. The number of nitrogens with zero attached hydrogens (tertiary/aromatic N) is 2. The zero-order valence-corrected chi connectivity index (χ0v) is 10.7. The van der Waals surface area contributed by atoms with E-state index < -0.39 is 0 Å². The number of carbonyl (C=O) groups excluding carboxylic acids is 1. The average Bonchev–Trinajstić information content (AvgIpc) is 3.12. The standard InChI is InChI=1S/C12H21ClN2O/c1-2-11(13)12(16)15-7-5-14(6-8-15)9-10-3-4-10/h10-11H,2-9H2,1H3. The monoisotopic (exact) mass is 244 g/mol. The number of piperazine rings is 1. The van der Waals surface area contributed by atoms with Crippen molar-refractivity contribution in [1.29, 1.82) is 0 Å². The second-order valence-electron chi connectivity index (χ2n) is 4.95.